The molecule has 0 aliphatic rings. The number of hydrogen-bond acceptors (Lipinski definition) is 6. The lowest BCUT2D eigenvalue weighted by Crippen LogP contribution is -2.12. The molecule has 2 aromatic heterocycles. The maximum atomic E-state index is 11.7. The molecule has 0 fully saturated rings. The Labute approximate surface area is 192 Å². The van der Waals surface area contributed by atoms with Gasteiger partial charge in [-0.25, -0.2) is 14.8 Å². The molecule has 11 heteroatoms. The standard InChI is InChI=1S/C10H9ClINO3.C6H3ClINO2/c1-2-16-9(15)4-8(14)7-3-6(12)5-13-10(7)11;7-5-4(6(10)11)1-3(8)2-9-5/h3,5H,2,4H2,1H3;1-2H,(H,10,11). The second-order valence-electron chi connectivity index (χ2n) is 4.69. The Morgan fingerprint density at radius 3 is 1.96 bits per heavy atom. The van der Waals surface area contributed by atoms with Crippen molar-refractivity contribution in [2.45, 2.75) is 13.3 Å². The topological polar surface area (TPSA) is 106 Å². The lowest BCUT2D eigenvalue weighted by molar-refractivity contribution is -0.141. The highest BCUT2D eigenvalue weighted by Crippen LogP contribution is 2.17. The first-order valence-electron chi connectivity index (χ1n) is 7.19. The SMILES string of the molecule is CCOC(=O)CC(=O)c1cc(I)cnc1Cl.O=C(O)c1cc(I)cnc1Cl. The van der Waals surface area contributed by atoms with Crippen LogP contribution >= 0.6 is 68.4 Å². The predicted octanol–water partition coefficient (Wildman–Crippen LogP) is 4.51. The van der Waals surface area contributed by atoms with Crippen LogP contribution < -0.4 is 0 Å². The van der Waals surface area contributed by atoms with Crippen LogP contribution in [0.25, 0.3) is 0 Å². The number of aromatic nitrogens is 2. The monoisotopic (exact) mass is 636 g/mol. The molecule has 0 amide bonds. The summed E-state index contributed by atoms with van der Waals surface area (Å²) in [5.74, 6) is -1.99. The molecule has 0 unspecified atom stereocenters. The molecule has 2 rings (SSSR count). The van der Waals surface area contributed by atoms with Crippen LogP contribution in [0, 0.1) is 7.14 Å². The quantitative estimate of drug-likeness (QED) is 0.169. The summed E-state index contributed by atoms with van der Waals surface area (Å²) in [5.41, 5.74) is 0.292. The van der Waals surface area contributed by atoms with Gasteiger partial charge in [-0.2, -0.15) is 0 Å². The number of carbonyl (C=O) groups excluding carboxylic acids is 2. The summed E-state index contributed by atoms with van der Waals surface area (Å²) in [4.78, 5) is 40.8. The van der Waals surface area contributed by atoms with Crippen molar-refractivity contribution >= 4 is 86.1 Å². The molecule has 0 atom stereocenters. The van der Waals surface area contributed by atoms with Crippen LogP contribution in [-0.2, 0) is 9.53 Å². The molecule has 0 saturated heterocycles. The third kappa shape index (κ3) is 8.23. The van der Waals surface area contributed by atoms with Crippen LogP contribution in [0.2, 0.25) is 10.3 Å². The van der Waals surface area contributed by atoms with Gasteiger partial charge in [0, 0.05) is 19.5 Å². The Hall–Kier alpha value is -1.05. The molecule has 144 valence electrons. The third-order valence-corrected chi connectivity index (χ3v) is 4.53. The van der Waals surface area contributed by atoms with Gasteiger partial charge in [0.15, 0.2) is 5.78 Å². The van der Waals surface area contributed by atoms with E-state index in [2.05, 4.69) is 14.7 Å². The molecule has 0 aliphatic heterocycles. The zero-order valence-electron chi connectivity index (χ0n) is 13.7. The average molecular weight is 637 g/mol. The lowest BCUT2D eigenvalue weighted by Gasteiger charge is -2.03. The van der Waals surface area contributed by atoms with Crippen molar-refractivity contribution in [2.75, 3.05) is 6.61 Å². The van der Waals surface area contributed by atoms with Crippen LogP contribution in [-0.4, -0.2) is 39.4 Å². The summed E-state index contributed by atoms with van der Waals surface area (Å²) in [6.07, 6.45) is 2.74. The number of aromatic carboxylic acids is 1. The van der Waals surface area contributed by atoms with E-state index in [1.54, 1.807) is 19.2 Å². The van der Waals surface area contributed by atoms with Crippen molar-refractivity contribution in [3.05, 3.63) is 53.1 Å². The van der Waals surface area contributed by atoms with Crippen molar-refractivity contribution in [3.63, 3.8) is 0 Å². The van der Waals surface area contributed by atoms with E-state index in [9.17, 15) is 14.4 Å². The molecule has 7 nitrogen and oxygen atoms in total. The molecular weight excluding hydrogens is 625 g/mol. The highest BCUT2D eigenvalue weighted by molar-refractivity contribution is 14.1. The minimum atomic E-state index is -1.05. The fourth-order valence-electron chi connectivity index (χ4n) is 1.63. The van der Waals surface area contributed by atoms with Crippen LogP contribution in [0.5, 0.6) is 0 Å². The van der Waals surface area contributed by atoms with Gasteiger partial charge in [-0.05, 0) is 64.2 Å². The minimum Gasteiger partial charge on any atom is -0.478 e. The first-order chi connectivity index (χ1) is 12.6. The van der Waals surface area contributed by atoms with E-state index < -0.39 is 11.9 Å². The summed E-state index contributed by atoms with van der Waals surface area (Å²) in [6.45, 7) is 1.94. The highest BCUT2D eigenvalue weighted by Gasteiger charge is 2.16. The molecular formula is C16H12Cl2I2N2O5. The molecule has 27 heavy (non-hydrogen) atoms. The number of ether oxygens (including phenoxy) is 1. The number of rotatable bonds is 5. The van der Waals surface area contributed by atoms with E-state index in [0.29, 0.717) is 0 Å². The largest absolute Gasteiger partial charge is 0.478 e. The van der Waals surface area contributed by atoms with Crippen LogP contribution in [0.3, 0.4) is 0 Å². The number of halogens is 4. The summed E-state index contributed by atoms with van der Waals surface area (Å²) in [5, 5.41) is 8.69. The Kier molecular flexibility index (Phi) is 10.4. The van der Waals surface area contributed by atoms with Gasteiger partial charge in [0.1, 0.15) is 16.7 Å². The Balaban J connectivity index is 0.000000289. The van der Waals surface area contributed by atoms with Crippen molar-refractivity contribution in [1.82, 2.24) is 9.97 Å². The zero-order valence-corrected chi connectivity index (χ0v) is 19.5. The molecule has 0 bridgehead atoms. The number of nitrogens with zero attached hydrogens (tertiary/aromatic N) is 2. The fraction of sp³-hybridized carbons (Fsp3) is 0.188. The number of carboxylic acids is 1. The van der Waals surface area contributed by atoms with Crippen molar-refractivity contribution in [3.8, 4) is 0 Å². The molecule has 0 aromatic carbocycles. The summed E-state index contributed by atoms with van der Waals surface area (Å²) in [6, 6.07) is 3.07. The number of Topliss-reactive ketones (excluding diaryl/α,β-unsaturated/α-hetero) is 1. The van der Waals surface area contributed by atoms with E-state index in [-0.39, 0.29) is 40.2 Å². The van der Waals surface area contributed by atoms with Gasteiger partial charge in [-0.3, -0.25) is 9.59 Å². The Morgan fingerprint density at radius 2 is 1.52 bits per heavy atom. The number of ketones is 1. The van der Waals surface area contributed by atoms with Crippen molar-refractivity contribution in [2.24, 2.45) is 0 Å². The number of carbonyl (C=O) groups is 3. The molecule has 1 N–H and O–H groups in total. The van der Waals surface area contributed by atoms with E-state index in [4.69, 9.17) is 28.3 Å². The van der Waals surface area contributed by atoms with E-state index in [1.165, 1.54) is 12.3 Å². The minimum absolute atomic E-state index is 0.0258. The summed E-state index contributed by atoms with van der Waals surface area (Å²) < 4.78 is 6.22. The Morgan fingerprint density at radius 1 is 1.04 bits per heavy atom. The van der Waals surface area contributed by atoms with Gasteiger partial charge in [0.25, 0.3) is 0 Å². The van der Waals surface area contributed by atoms with Gasteiger partial charge in [-0.15, -0.1) is 0 Å². The van der Waals surface area contributed by atoms with Crippen molar-refractivity contribution in [1.29, 1.82) is 0 Å². The number of carboxylic acid groups (broad SMARTS) is 1. The molecule has 2 aromatic rings. The predicted molar refractivity (Wildman–Crippen MR) is 116 cm³/mol. The summed E-state index contributed by atoms with van der Waals surface area (Å²) in [7, 11) is 0. The van der Waals surface area contributed by atoms with E-state index in [1.807, 2.05) is 45.2 Å². The van der Waals surface area contributed by atoms with Crippen LogP contribution in [0.15, 0.2) is 24.5 Å². The normalized spacial score (nSPS) is 9.81. The maximum absolute atomic E-state index is 11.7. The van der Waals surface area contributed by atoms with Gasteiger partial charge in [0.2, 0.25) is 0 Å². The first kappa shape index (κ1) is 24.0. The molecule has 2 heterocycles. The zero-order chi connectivity index (χ0) is 20.6. The number of hydrogen-bond donors (Lipinski definition) is 1. The fourth-order valence-corrected chi connectivity index (χ4v) is 2.92. The second kappa shape index (κ2) is 11.7. The Bertz CT molecular complexity index is 865. The van der Waals surface area contributed by atoms with Crippen LogP contribution in [0.4, 0.5) is 0 Å². The van der Waals surface area contributed by atoms with Gasteiger partial charge < -0.3 is 9.84 Å². The van der Waals surface area contributed by atoms with Gasteiger partial charge in [0.05, 0.1) is 17.7 Å². The van der Waals surface area contributed by atoms with E-state index in [0.717, 1.165) is 7.14 Å². The lowest BCUT2D eigenvalue weighted by atomic mass is 10.1. The van der Waals surface area contributed by atoms with Gasteiger partial charge >= 0.3 is 11.9 Å². The smallest absolute Gasteiger partial charge is 0.338 e. The first-order valence-corrected chi connectivity index (χ1v) is 10.1. The van der Waals surface area contributed by atoms with Crippen molar-refractivity contribution < 1.29 is 24.2 Å². The molecule has 0 aliphatic carbocycles. The second-order valence-corrected chi connectivity index (χ2v) is 7.90. The highest BCUT2D eigenvalue weighted by atomic mass is 127. The number of esters is 1. The van der Waals surface area contributed by atoms with E-state index >= 15 is 0 Å². The number of pyridine rings is 2. The summed E-state index contributed by atoms with van der Waals surface area (Å²) >= 11 is 15.2. The average Bonchev–Trinajstić information content (AvgIpc) is 2.59. The van der Waals surface area contributed by atoms with Crippen LogP contribution in [0.1, 0.15) is 34.1 Å². The molecule has 0 spiro atoms. The maximum Gasteiger partial charge on any atom is 0.338 e. The molecule has 0 radical (unpaired) electrons. The van der Waals surface area contributed by atoms with Gasteiger partial charge in [-0.1, -0.05) is 23.2 Å². The molecule has 0 saturated carbocycles. The third-order valence-electron chi connectivity index (χ3n) is 2.75.